The second-order valence-electron chi connectivity index (χ2n) is 6.11. The number of hydrogen-bond acceptors (Lipinski definition) is 5. The van der Waals surface area contributed by atoms with Crippen molar-refractivity contribution in [3.8, 4) is 0 Å². The van der Waals surface area contributed by atoms with E-state index in [-0.39, 0.29) is 30.9 Å². The summed E-state index contributed by atoms with van der Waals surface area (Å²) >= 11 is 0. The van der Waals surface area contributed by atoms with E-state index >= 15 is 0 Å². The van der Waals surface area contributed by atoms with E-state index < -0.39 is 5.97 Å². The van der Waals surface area contributed by atoms with Gasteiger partial charge in [0.15, 0.2) is 6.61 Å². The molecule has 0 saturated heterocycles. The summed E-state index contributed by atoms with van der Waals surface area (Å²) in [5, 5.41) is 3.58. The van der Waals surface area contributed by atoms with Crippen molar-refractivity contribution in [3.05, 3.63) is 71.5 Å². The van der Waals surface area contributed by atoms with Crippen molar-refractivity contribution in [2.75, 3.05) is 13.7 Å². The fourth-order valence-corrected chi connectivity index (χ4v) is 2.86. The first kappa shape index (κ1) is 18.7. The molecule has 1 unspecified atom stereocenters. The predicted molar refractivity (Wildman–Crippen MR) is 100 cm³/mol. The van der Waals surface area contributed by atoms with Gasteiger partial charge in [-0.1, -0.05) is 48.5 Å². The summed E-state index contributed by atoms with van der Waals surface area (Å²) in [4.78, 5) is 24.5. The summed E-state index contributed by atoms with van der Waals surface area (Å²) in [6.07, 6.45) is 0. The van der Waals surface area contributed by atoms with Crippen LogP contribution in [0.4, 0.5) is 0 Å². The van der Waals surface area contributed by atoms with Crippen molar-refractivity contribution >= 4 is 22.8 Å². The van der Waals surface area contributed by atoms with Gasteiger partial charge in [0.2, 0.25) is 5.76 Å². The van der Waals surface area contributed by atoms with E-state index in [0.29, 0.717) is 11.1 Å². The molecule has 0 spiro atoms. The number of nitrogens with one attached hydrogen (secondary N) is 1. The summed E-state index contributed by atoms with van der Waals surface area (Å²) in [6.45, 7) is 1.68. The molecule has 1 heterocycles. The summed E-state index contributed by atoms with van der Waals surface area (Å²) in [7, 11) is 1.54. The van der Waals surface area contributed by atoms with Crippen molar-refractivity contribution in [3.63, 3.8) is 0 Å². The topological polar surface area (TPSA) is 77.8 Å². The highest BCUT2D eigenvalue weighted by atomic mass is 16.5. The Morgan fingerprint density at radius 1 is 1.07 bits per heavy atom. The third kappa shape index (κ3) is 4.35. The highest BCUT2D eigenvalue weighted by Gasteiger charge is 2.22. The fourth-order valence-electron chi connectivity index (χ4n) is 2.86. The first-order valence-corrected chi connectivity index (χ1v) is 8.61. The predicted octanol–water partition coefficient (Wildman–Crippen LogP) is 3.61. The summed E-state index contributed by atoms with van der Waals surface area (Å²) < 4.78 is 15.9. The lowest BCUT2D eigenvalue weighted by atomic mass is 10.1. The molecule has 27 heavy (non-hydrogen) atoms. The minimum absolute atomic E-state index is 0.0574. The highest BCUT2D eigenvalue weighted by molar-refractivity contribution is 5.96. The maximum absolute atomic E-state index is 12.4. The number of methoxy groups -OCH3 is 1. The lowest BCUT2D eigenvalue weighted by Crippen LogP contribution is -2.31. The van der Waals surface area contributed by atoms with E-state index in [2.05, 4.69) is 5.32 Å². The number of amides is 1. The molecule has 1 atom stereocenters. The van der Waals surface area contributed by atoms with Crippen LogP contribution < -0.4 is 5.32 Å². The van der Waals surface area contributed by atoms with Crippen LogP contribution in [0.15, 0.2) is 59.0 Å². The molecule has 0 fully saturated rings. The van der Waals surface area contributed by atoms with Crippen molar-refractivity contribution in [2.45, 2.75) is 19.6 Å². The van der Waals surface area contributed by atoms with Gasteiger partial charge in [-0.3, -0.25) is 4.79 Å². The van der Waals surface area contributed by atoms with Gasteiger partial charge in [-0.05, 0) is 18.6 Å². The minimum Gasteiger partial charge on any atom is -0.450 e. The highest BCUT2D eigenvalue weighted by Crippen LogP contribution is 2.27. The largest absolute Gasteiger partial charge is 0.450 e. The molecule has 0 bridgehead atoms. The van der Waals surface area contributed by atoms with E-state index in [9.17, 15) is 9.59 Å². The molecule has 0 aliphatic rings. The summed E-state index contributed by atoms with van der Waals surface area (Å²) in [6, 6.07) is 16.6. The SMILES string of the molecule is COCc1c(C(=O)OCC(=O)NC(C)c2ccccc2)oc2ccccc12. The Morgan fingerprint density at radius 3 is 2.52 bits per heavy atom. The summed E-state index contributed by atoms with van der Waals surface area (Å²) in [5.41, 5.74) is 2.15. The van der Waals surface area contributed by atoms with E-state index in [1.165, 1.54) is 7.11 Å². The number of carbonyl (C=O) groups excluding carboxylic acids is 2. The Labute approximate surface area is 157 Å². The molecule has 0 radical (unpaired) electrons. The summed E-state index contributed by atoms with van der Waals surface area (Å²) in [5.74, 6) is -1.02. The molecule has 140 valence electrons. The van der Waals surface area contributed by atoms with E-state index in [1.807, 2.05) is 55.5 Å². The third-order valence-electron chi connectivity index (χ3n) is 4.18. The molecule has 2 aromatic carbocycles. The molecule has 1 aromatic heterocycles. The van der Waals surface area contributed by atoms with Crippen LogP contribution in [0, 0.1) is 0 Å². The smallest absolute Gasteiger partial charge is 0.375 e. The minimum atomic E-state index is -0.694. The number of hydrogen-bond donors (Lipinski definition) is 1. The maximum atomic E-state index is 12.4. The Balaban J connectivity index is 1.64. The lowest BCUT2D eigenvalue weighted by molar-refractivity contribution is -0.124. The Hall–Kier alpha value is -3.12. The quantitative estimate of drug-likeness (QED) is 0.646. The Kier molecular flexibility index (Phi) is 5.88. The fraction of sp³-hybridized carbons (Fsp3) is 0.238. The number of ether oxygens (including phenoxy) is 2. The normalized spacial score (nSPS) is 11.9. The van der Waals surface area contributed by atoms with Crippen LogP contribution in [0.25, 0.3) is 11.0 Å². The molecule has 1 N–H and O–H groups in total. The van der Waals surface area contributed by atoms with Crippen LogP contribution in [0.1, 0.15) is 34.6 Å². The van der Waals surface area contributed by atoms with Crippen molar-refractivity contribution < 1.29 is 23.5 Å². The molecule has 6 nitrogen and oxygen atoms in total. The number of esters is 1. The molecule has 6 heteroatoms. The Bertz CT molecular complexity index is 932. The Morgan fingerprint density at radius 2 is 1.78 bits per heavy atom. The average Bonchev–Trinajstić information content (AvgIpc) is 3.06. The molecule has 3 aromatic rings. The average molecular weight is 367 g/mol. The van der Waals surface area contributed by atoms with Gasteiger partial charge in [-0.2, -0.15) is 0 Å². The van der Waals surface area contributed by atoms with Crippen molar-refractivity contribution in [2.24, 2.45) is 0 Å². The van der Waals surface area contributed by atoms with Crippen LogP contribution in [-0.4, -0.2) is 25.6 Å². The first-order valence-electron chi connectivity index (χ1n) is 8.61. The second-order valence-corrected chi connectivity index (χ2v) is 6.11. The second kappa shape index (κ2) is 8.51. The van der Waals surface area contributed by atoms with Gasteiger partial charge in [-0.25, -0.2) is 4.79 Å². The third-order valence-corrected chi connectivity index (χ3v) is 4.18. The van der Waals surface area contributed by atoms with Crippen molar-refractivity contribution in [1.82, 2.24) is 5.32 Å². The van der Waals surface area contributed by atoms with Gasteiger partial charge in [0.05, 0.1) is 12.6 Å². The lowest BCUT2D eigenvalue weighted by Gasteiger charge is -2.14. The standard InChI is InChI=1S/C21H21NO5/c1-14(15-8-4-3-5-9-15)22-19(23)13-26-21(24)20-17(12-25-2)16-10-6-7-11-18(16)27-20/h3-11,14H,12-13H2,1-2H3,(H,22,23). The van der Waals surface area contributed by atoms with Gasteiger partial charge < -0.3 is 19.2 Å². The molecule has 0 saturated carbocycles. The van der Waals surface area contributed by atoms with Gasteiger partial charge in [0, 0.05) is 18.1 Å². The zero-order valence-corrected chi connectivity index (χ0v) is 15.2. The van der Waals surface area contributed by atoms with Crippen LogP contribution in [-0.2, 0) is 20.9 Å². The molecule has 0 aliphatic heterocycles. The number of furan rings is 1. The zero-order chi connectivity index (χ0) is 19.2. The van der Waals surface area contributed by atoms with Gasteiger partial charge in [0.1, 0.15) is 5.58 Å². The van der Waals surface area contributed by atoms with Gasteiger partial charge in [-0.15, -0.1) is 0 Å². The maximum Gasteiger partial charge on any atom is 0.375 e. The number of para-hydroxylation sites is 1. The monoisotopic (exact) mass is 367 g/mol. The van der Waals surface area contributed by atoms with Crippen LogP contribution in [0.3, 0.4) is 0 Å². The van der Waals surface area contributed by atoms with Crippen LogP contribution in [0.2, 0.25) is 0 Å². The molecule has 1 amide bonds. The van der Waals surface area contributed by atoms with Gasteiger partial charge in [0.25, 0.3) is 5.91 Å². The number of benzene rings is 2. The van der Waals surface area contributed by atoms with Crippen LogP contribution in [0.5, 0.6) is 0 Å². The van der Waals surface area contributed by atoms with E-state index in [1.54, 1.807) is 6.07 Å². The van der Waals surface area contributed by atoms with Gasteiger partial charge >= 0.3 is 5.97 Å². The van der Waals surface area contributed by atoms with Crippen molar-refractivity contribution in [1.29, 1.82) is 0 Å². The molecule has 0 aliphatic carbocycles. The first-order chi connectivity index (χ1) is 13.1. The van der Waals surface area contributed by atoms with Crippen LogP contribution >= 0.6 is 0 Å². The zero-order valence-electron chi connectivity index (χ0n) is 15.2. The number of carbonyl (C=O) groups is 2. The number of fused-ring (bicyclic) bond motifs is 1. The molecule has 3 rings (SSSR count). The van der Waals surface area contributed by atoms with E-state index in [0.717, 1.165) is 10.9 Å². The number of rotatable bonds is 7. The molecular formula is C21H21NO5. The van der Waals surface area contributed by atoms with E-state index in [4.69, 9.17) is 13.9 Å². The molecular weight excluding hydrogens is 346 g/mol.